The molecule has 0 bridgehead atoms. The molecule has 6 heteroatoms. The van der Waals surface area contributed by atoms with Gasteiger partial charge in [0.25, 0.3) is 0 Å². The number of carbonyl (C=O) groups excluding carboxylic acids is 1. The maximum Gasteiger partial charge on any atom is 0.410 e. The zero-order valence-corrected chi connectivity index (χ0v) is 12.9. The summed E-state index contributed by atoms with van der Waals surface area (Å²) in [6.45, 7) is 6.90. The van der Waals surface area contributed by atoms with Crippen molar-refractivity contribution in [3.05, 3.63) is 23.2 Å². The van der Waals surface area contributed by atoms with Crippen LogP contribution >= 0.6 is 11.6 Å². The smallest absolute Gasteiger partial charge is 0.410 e. The number of rotatable bonds is 1. The van der Waals surface area contributed by atoms with E-state index in [0.29, 0.717) is 24.1 Å². The van der Waals surface area contributed by atoms with E-state index in [-0.39, 0.29) is 12.0 Å². The van der Waals surface area contributed by atoms with Gasteiger partial charge in [0, 0.05) is 25.2 Å². The average Bonchev–Trinajstić information content (AvgIpc) is 2.37. The molecule has 110 valence electrons. The summed E-state index contributed by atoms with van der Waals surface area (Å²) < 4.78 is 5.41. The van der Waals surface area contributed by atoms with Crippen molar-refractivity contribution in [2.75, 3.05) is 13.1 Å². The molecule has 20 heavy (non-hydrogen) atoms. The number of halogens is 1. The molecule has 1 atom stereocenters. The number of likely N-dealkylation sites (tertiary alicyclic amines) is 1. The summed E-state index contributed by atoms with van der Waals surface area (Å²) in [6.07, 6.45) is 3.25. The molecule has 1 aromatic rings. The van der Waals surface area contributed by atoms with Crippen LogP contribution in [-0.2, 0) is 4.74 Å². The number of hydrogen-bond acceptors (Lipinski definition) is 4. The molecule has 2 rings (SSSR count). The second-order valence-electron chi connectivity index (χ2n) is 6.00. The molecule has 2 heterocycles. The van der Waals surface area contributed by atoms with Gasteiger partial charge in [-0.15, -0.1) is 0 Å². The van der Waals surface area contributed by atoms with Crippen LogP contribution in [0.25, 0.3) is 0 Å². The summed E-state index contributed by atoms with van der Waals surface area (Å²) in [5.74, 6) is 0.820. The first kappa shape index (κ1) is 15.0. The van der Waals surface area contributed by atoms with Crippen molar-refractivity contribution in [1.82, 2.24) is 14.9 Å². The molecule has 1 aliphatic heterocycles. The zero-order chi connectivity index (χ0) is 14.8. The Morgan fingerprint density at radius 1 is 1.50 bits per heavy atom. The van der Waals surface area contributed by atoms with E-state index in [4.69, 9.17) is 16.3 Å². The van der Waals surface area contributed by atoms with Gasteiger partial charge in [-0.1, -0.05) is 11.6 Å². The van der Waals surface area contributed by atoms with E-state index < -0.39 is 5.60 Å². The minimum absolute atomic E-state index is 0.120. The highest BCUT2D eigenvalue weighted by molar-refractivity contribution is 6.29. The summed E-state index contributed by atoms with van der Waals surface area (Å²) in [5, 5.41) is 0.435. The highest BCUT2D eigenvalue weighted by Gasteiger charge is 2.29. The van der Waals surface area contributed by atoms with E-state index in [1.807, 2.05) is 20.8 Å². The van der Waals surface area contributed by atoms with Crippen LogP contribution in [0.5, 0.6) is 0 Å². The van der Waals surface area contributed by atoms with Crippen LogP contribution in [0, 0.1) is 0 Å². The number of hydrogen-bond donors (Lipinski definition) is 0. The lowest BCUT2D eigenvalue weighted by Gasteiger charge is -2.33. The van der Waals surface area contributed by atoms with Gasteiger partial charge < -0.3 is 9.64 Å². The lowest BCUT2D eigenvalue weighted by atomic mass is 9.97. The highest BCUT2D eigenvalue weighted by atomic mass is 35.5. The third-order valence-electron chi connectivity index (χ3n) is 3.08. The number of piperidine rings is 1. The third-order valence-corrected chi connectivity index (χ3v) is 3.29. The third kappa shape index (κ3) is 4.07. The molecule has 1 amide bonds. The van der Waals surface area contributed by atoms with Crippen LogP contribution in [0.4, 0.5) is 4.79 Å². The van der Waals surface area contributed by atoms with Crippen molar-refractivity contribution in [2.45, 2.75) is 45.1 Å². The molecule has 1 aromatic heterocycles. The van der Waals surface area contributed by atoms with Crippen LogP contribution in [-0.4, -0.2) is 39.7 Å². The van der Waals surface area contributed by atoms with Gasteiger partial charge in [-0.2, -0.15) is 0 Å². The molecule has 0 saturated carbocycles. The Kier molecular flexibility index (Phi) is 4.48. The first-order valence-corrected chi connectivity index (χ1v) is 7.19. The van der Waals surface area contributed by atoms with E-state index in [1.165, 1.54) is 0 Å². The molecular weight excluding hydrogens is 278 g/mol. The molecule has 0 radical (unpaired) electrons. The highest BCUT2D eigenvalue weighted by Crippen LogP contribution is 2.26. The van der Waals surface area contributed by atoms with Crippen LogP contribution in [0.3, 0.4) is 0 Å². The molecule has 1 fully saturated rings. The lowest BCUT2D eigenvalue weighted by Crippen LogP contribution is -2.42. The normalized spacial score (nSPS) is 19.8. The number of nitrogens with zero attached hydrogens (tertiary/aromatic N) is 3. The van der Waals surface area contributed by atoms with Gasteiger partial charge in [0.15, 0.2) is 0 Å². The average molecular weight is 298 g/mol. The Labute approximate surface area is 124 Å². The van der Waals surface area contributed by atoms with E-state index in [9.17, 15) is 4.79 Å². The maximum absolute atomic E-state index is 12.1. The SMILES string of the molecule is CC(C)(C)OC(=O)N1CCCC(c2nccc(Cl)n2)C1. The van der Waals surface area contributed by atoms with Crippen molar-refractivity contribution in [1.29, 1.82) is 0 Å². The van der Waals surface area contributed by atoms with Crippen LogP contribution in [0.15, 0.2) is 12.3 Å². The molecule has 1 aliphatic rings. The van der Waals surface area contributed by atoms with Crippen molar-refractivity contribution in [3.63, 3.8) is 0 Å². The molecule has 0 aliphatic carbocycles. The summed E-state index contributed by atoms with van der Waals surface area (Å²) in [7, 11) is 0. The summed E-state index contributed by atoms with van der Waals surface area (Å²) in [5.41, 5.74) is -0.476. The second-order valence-corrected chi connectivity index (χ2v) is 6.39. The van der Waals surface area contributed by atoms with Crippen LogP contribution in [0.1, 0.15) is 45.4 Å². The molecule has 0 spiro atoms. The quantitative estimate of drug-likeness (QED) is 0.747. The van der Waals surface area contributed by atoms with Crippen molar-refractivity contribution >= 4 is 17.7 Å². The Morgan fingerprint density at radius 2 is 2.25 bits per heavy atom. The first-order valence-electron chi connectivity index (χ1n) is 6.81. The van der Waals surface area contributed by atoms with E-state index in [2.05, 4.69) is 9.97 Å². The van der Waals surface area contributed by atoms with Gasteiger partial charge in [0.1, 0.15) is 16.6 Å². The lowest BCUT2D eigenvalue weighted by molar-refractivity contribution is 0.0196. The molecule has 5 nitrogen and oxygen atoms in total. The predicted molar refractivity (Wildman–Crippen MR) is 76.8 cm³/mol. The van der Waals surface area contributed by atoms with Gasteiger partial charge in [-0.25, -0.2) is 14.8 Å². The summed E-state index contributed by atoms with van der Waals surface area (Å²) in [6, 6.07) is 1.65. The Morgan fingerprint density at radius 3 is 2.90 bits per heavy atom. The molecule has 0 N–H and O–H groups in total. The van der Waals surface area contributed by atoms with Gasteiger partial charge in [-0.05, 0) is 39.7 Å². The fourth-order valence-electron chi connectivity index (χ4n) is 2.23. The first-order chi connectivity index (χ1) is 9.35. The number of ether oxygens (including phenoxy) is 1. The molecular formula is C14H20ClN3O2. The second kappa shape index (κ2) is 5.95. The molecule has 1 unspecified atom stereocenters. The van der Waals surface area contributed by atoms with E-state index in [1.54, 1.807) is 17.2 Å². The Hall–Kier alpha value is -1.36. The van der Waals surface area contributed by atoms with E-state index >= 15 is 0 Å². The summed E-state index contributed by atoms with van der Waals surface area (Å²) in [4.78, 5) is 22.3. The molecule has 1 saturated heterocycles. The van der Waals surface area contributed by atoms with Crippen molar-refractivity contribution in [2.24, 2.45) is 0 Å². The number of aromatic nitrogens is 2. The van der Waals surface area contributed by atoms with Gasteiger partial charge in [-0.3, -0.25) is 0 Å². The molecule has 0 aromatic carbocycles. The fraction of sp³-hybridized carbons (Fsp3) is 0.643. The summed E-state index contributed by atoms with van der Waals surface area (Å²) >= 11 is 5.89. The topological polar surface area (TPSA) is 55.3 Å². The van der Waals surface area contributed by atoms with Gasteiger partial charge in [0.05, 0.1) is 0 Å². The standard InChI is InChI=1S/C14H20ClN3O2/c1-14(2,3)20-13(19)18-8-4-5-10(9-18)12-16-7-6-11(15)17-12/h6-7,10H,4-5,8-9H2,1-3H3. The fourth-order valence-corrected chi connectivity index (χ4v) is 2.37. The Balaban J connectivity index is 2.03. The van der Waals surface area contributed by atoms with Crippen molar-refractivity contribution < 1.29 is 9.53 Å². The van der Waals surface area contributed by atoms with Crippen LogP contribution < -0.4 is 0 Å². The minimum Gasteiger partial charge on any atom is -0.444 e. The largest absolute Gasteiger partial charge is 0.444 e. The van der Waals surface area contributed by atoms with Crippen molar-refractivity contribution in [3.8, 4) is 0 Å². The zero-order valence-electron chi connectivity index (χ0n) is 12.1. The van der Waals surface area contributed by atoms with Crippen LogP contribution in [0.2, 0.25) is 5.15 Å². The van der Waals surface area contributed by atoms with Gasteiger partial charge >= 0.3 is 6.09 Å². The number of amides is 1. The van der Waals surface area contributed by atoms with Gasteiger partial charge in [0.2, 0.25) is 0 Å². The predicted octanol–water partition coefficient (Wildman–Crippen LogP) is 3.24. The van der Waals surface area contributed by atoms with E-state index in [0.717, 1.165) is 12.8 Å². The minimum atomic E-state index is -0.476. The maximum atomic E-state index is 12.1. The number of carbonyl (C=O) groups is 1. The monoisotopic (exact) mass is 297 g/mol. The Bertz CT molecular complexity index is 488.